The molecule has 1 N–H and O–H groups in total. The number of rotatable bonds is 6. The van der Waals surface area contributed by atoms with Crippen LogP contribution in [0.2, 0.25) is 5.02 Å². The minimum Gasteiger partial charge on any atom is -0.494 e. The number of carbonyl (C=O) groups is 1. The molecule has 0 aliphatic carbocycles. The van der Waals surface area contributed by atoms with Crippen LogP contribution in [0.15, 0.2) is 58.0 Å². The van der Waals surface area contributed by atoms with Gasteiger partial charge in [0.05, 0.1) is 17.9 Å². The van der Waals surface area contributed by atoms with E-state index in [9.17, 15) is 9.59 Å². The van der Waals surface area contributed by atoms with E-state index >= 15 is 0 Å². The molecule has 164 valence electrons. The lowest BCUT2D eigenvalue weighted by Crippen LogP contribution is -2.20. The highest BCUT2D eigenvalue weighted by Crippen LogP contribution is 2.33. The van der Waals surface area contributed by atoms with Crippen LogP contribution in [0.1, 0.15) is 23.0 Å². The Balaban J connectivity index is 1.67. The number of furan rings is 1. The number of hydrogen-bond donors (Lipinski definition) is 1. The minimum atomic E-state index is -0.537. The summed E-state index contributed by atoms with van der Waals surface area (Å²) in [5.74, 6) is 1.40. The summed E-state index contributed by atoms with van der Waals surface area (Å²) < 4.78 is 18.2. The third-order valence-corrected chi connectivity index (χ3v) is 4.96. The Morgan fingerprint density at radius 1 is 1.19 bits per heavy atom. The van der Waals surface area contributed by atoms with Crippen molar-refractivity contribution < 1.29 is 18.7 Å². The lowest BCUT2D eigenvalue weighted by molar-refractivity contribution is 0.102. The molecule has 4 rings (SSSR count). The van der Waals surface area contributed by atoms with Gasteiger partial charge < -0.3 is 23.8 Å². The monoisotopic (exact) mass is 453 g/mol. The number of nitrogens with one attached hydrogen (secondary N) is 1. The van der Waals surface area contributed by atoms with Gasteiger partial charge in [-0.05, 0) is 56.3 Å². The van der Waals surface area contributed by atoms with E-state index in [1.54, 1.807) is 56.4 Å². The van der Waals surface area contributed by atoms with Crippen LogP contribution in [0.3, 0.4) is 0 Å². The van der Waals surface area contributed by atoms with Gasteiger partial charge in [0.2, 0.25) is 5.71 Å². The zero-order valence-corrected chi connectivity index (χ0v) is 18.4. The Morgan fingerprint density at radius 2 is 1.91 bits per heavy atom. The molecular weight excluding hydrogens is 434 g/mol. The third kappa shape index (κ3) is 4.17. The number of nitrogens with zero attached hydrogens (tertiary/aromatic N) is 2. The van der Waals surface area contributed by atoms with Crippen molar-refractivity contribution in [3.05, 3.63) is 75.5 Å². The Labute approximate surface area is 188 Å². The lowest BCUT2D eigenvalue weighted by Gasteiger charge is -2.13. The van der Waals surface area contributed by atoms with Crippen LogP contribution < -0.4 is 20.3 Å². The number of aromatic nitrogens is 2. The summed E-state index contributed by atoms with van der Waals surface area (Å²) in [7, 11) is 1.55. The van der Waals surface area contributed by atoms with Crippen molar-refractivity contribution in [1.29, 1.82) is 0 Å². The van der Waals surface area contributed by atoms with Crippen LogP contribution in [-0.4, -0.2) is 22.1 Å². The maximum atomic E-state index is 13.1. The van der Waals surface area contributed by atoms with Gasteiger partial charge >= 0.3 is 0 Å². The zero-order chi connectivity index (χ0) is 22.8. The van der Waals surface area contributed by atoms with Crippen LogP contribution >= 0.6 is 11.6 Å². The first-order chi connectivity index (χ1) is 15.4. The van der Waals surface area contributed by atoms with E-state index in [0.29, 0.717) is 28.8 Å². The molecule has 8 nitrogen and oxygen atoms in total. The Kier molecular flexibility index (Phi) is 5.87. The fourth-order valence-electron chi connectivity index (χ4n) is 3.23. The summed E-state index contributed by atoms with van der Waals surface area (Å²) in [5.41, 5.74) is 0.174. The third-order valence-electron chi connectivity index (χ3n) is 4.73. The molecular formula is C23H20ClN3O5. The first-order valence-electron chi connectivity index (χ1n) is 9.83. The smallest absolute Gasteiger partial charge is 0.265 e. The van der Waals surface area contributed by atoms with Gasteiger partial charge in [0.1, 0.15) is 29.0 Å². The van der Waals surface area contributed by atoms with Crippen LogP contribution in [0.4, 0.5) is 5.69 Å². The highest BCUT2D eigenvalue weighted by Gasteiger charge is 2.23. The Morgan fingerprint density at radius 3 is 2.62 bits per heavy atom. The molecule has 2 aromatic carbocycles. The van der Waals surface area contributed by atoms with Crippen molar-refractivity contribution in [2.45, 2.75) is 13.8 Å². The summed E-state index contributed by atoms with van der Waals surface area (Å²) in [6.07, 6.45) is 1.34. The first kappa shape index (κ1) is 21.5. The van der Waals surface area contributed by atoms with E-state index in [-0.39, 0.29) is 28.0 Å². The number of anilines is 1. The van der Waals surface area contributed by atoms with Crippen molar-refractivity contribution in [2.24, 2.45) is 7.05 Å². The Hall–Kier alpha value is -3.78. The minimum absolute atomic E-state index is 0.104. The van der Waals surface area contributed by atoms with Crippen LogP contribution in [0, 0.1) is 6.92 Å². The lowest BCUT2D eigenvalue weighted by atomic mass is 10.1. The maximum absolute atomic E-state index is 13.1. The first-order valence-corrected chi connectivity index (χ1v) is 10.2. The number of carbonyl (C=O) groups excluding carboxylic acids is 1. The summed E-state index contributed by atoms with van der Waals surface area (Å²) in [4.78, 5) is 29.8. The second-order valence-electron chi connectivity index (χ2n) is 6.98. The number of aryl methyl sites for hydroxylation is 2. The van der Waals surface area contributed by atoms with E-state index in [2.05, 4.69) is 10.3 Å². The van der Waals surface area contributed by atoms with Gasteiger partial charge in [0.25, 0.3) is 11.5 Å². The molecule has 4 aromatic rings. The highest BCUT2D eigenvalue weighted by atomic mass is 35.5. The van der Waals surface area contributed by atoms with Crippen molar-refractivity contribution >= 4 is 34.3 Å². The number of ether oxygens (including phenoxy) is 2. The zero-order valence-electron chi connectivity index (χ0n) is 17.6. The average molecular weight is 454 g/mol. The average Bonchev–Trinajstić information content (AvgIpc) is 3.11. The molecule has 0 fully saturated rings. The molecule has 0 aliphatic rings. The molecule has 0 radical (unpaired) electrons. The maximum Gasteiger partial charge on any atom is 0.265 e. The van der Waals surface area contributed by atoms with Crippen molar-refractivity contribution in [2.75, 3.05) is 11.9 Å². The van der Waals surface area contributed by atoms with Crippen LogP contribution in [0.25, 0.3) is 11.1 Å². The molecule has 0 bridgehead atoms. The molecule has 0 unspecified atom stereocenters. The number of hydrogen-bond acceptors (Lipinski definition) is 6. The van der Waals surface area contributed by atoms with Crippen LogP contribution in [-0.2, 0) is 7.05 Å². The standard InChI is InChI=1S/C23H20ClN3O5/c1-4-30-15-6-8-16(9-7-15)32-18-10-5-14(24)11-17(18)26-21(28)19-13(2)31-22-20(19)23(29)27(3)12-25-22/h5-12H,4H2,1-3H3,(H,26,28). The number of fused-ring (bicyclic) bond motifs is 1. The second kappa shape index (κ2) is 8.76. The molecule has 0 aliphatic heterocycles. The summed E-state index contributed by atoms with van der Waals surface area (Å²) in [6.45, 7) is 4.07. The van der Waals surface area contributed by atoms with Gasteiger partial charge in [-0.1, -0.05) is 11.6 Å². The quantitative estimate of drug-likeness (QED) is 0.444. The molecule has 0 saturated heterocycles. The van der Waals surface area contributed by atoms with Crippen molar-refractivity contribution in [1.82, 2.24) is 9.55 Å². The predicted octanol–water partition coefficient (Wildman–Crippen LogP) is 4.93. The van der Waals surface area contributed by atoms with Gasteiger partial charge in [-0.2, -0.15) is 0 Å². The predicted molar refractivity (Wildman–Crippen MR) is 121 cm³/mol. The molecule has 9 heteroatoms. The molecule has 0 atom stereocenters. The van der Waals surface area contributed by atoms with Gasteiger partial charge in [-0.3, -0.25) is 9.59 Å². The number of benzene rings is 2. The second-order valence-corrected chi connectivity index (χ2v) is 7.41. The molecule has 1 amide bonds. The summed E-state index contributed by atoms with van der Waals surface area (Å²) >= 11 is 6.15. The summed E-state index contributed by atoms with van der Waals surface area (Å²) in [6, 6.07) is 12.0. The topological polar surface area (TPSA) is 95.6 Å². The highest BCUT2D eigenvalue weighted by molar-refractivity contribution is 6.31. The van der Waals surface area contributed by atoms with Gasteiger partial charge in [-0.15, -0.1) is 0 Å². The molecule has 32 heavy (non-hydrogen) atoms. The Bertz CT molecular complexity index is 1360. The number of halogens is 1. The van der Waals surface area contributed by atoms with Crippen molar-refractivity contribution in [3.8, 4) is 17.2 Å². The van der Waals surface area contributed by atoms with Crippen LogP contribution in [0.5, 0.6) is 17.2 Å². The van der Waals surface area contributed by atoms with Crippen molar-refractivity contribution in [3.63, 3.8) is 0 Å². The van der Waals surface area contributed by atoms with E-state index in [4.69, 9.17) is 25.5 Å². The normalized spacial score (nSPS) is 10.9. The van der Waals surface area contributed by atoms with E-state index in [1.807, 2.05) is 6.92 Å². The van der Waals surface area contributed by atoms with Gasteiger partial charge in [0.15, 0.2) is 5.75 Å². The fourth-order valence-corrected chi connectivity index (χ4v) is 3.40. The fraction of sp³-hybridized carbons (Fsp3) is 0.174. The molecule has 2 heterocycles. The SMILES string of the molecule is CCOc1ccc(Oc2ccc(Cl)cc2NC(=O)c2c(C)oc3ncn(C)c(=O)c23)cc1. The summed E-state index contributed by atoms with van der Waals surface area (Å²) in [5, 5.41) is 3.30. The van der Waals surface area contributed by atoms with E-state index in [0.717, 1.165) is 5.75 Å². The van der Waals surface area contributed by atoms with E-state index < -0.39 is 5.91 Å². The van der Waals surface area contributed by atoms with Gasteiger partial charge in [-0.25, -0.2) is 4.98 Å². The molecule has 0 spiro atoms. The molecule has 2 aromatic heterocycles. The molecule has 0 saturated carbocycles. The van der Waals surface area contributed by atoms with Gasteiger partial charge in [0, 0.05) is 12.1 Å². The number of amides is 1. The largest absolute Gasteiger partial charge is 0.494 e. The van der Waals surface area contributed by atoms with E-state index in [1.165, 1.54) is 10.9 Å².